The van der Waals surface area contributed by atoms with Crippen molar-refractivity contribution < 1.29 is 13.9 Å². The third-order valence-corrected chi connectivity index (χ3v) is 4.79. The normalized spacial score (nSPS) is 27.2. The zero-order valence-corrected chi connectivity index (χ0v) is 13.6. The zero-order chi connectivity index (χ0) is 16.5. The maximum absolute atomic E-state index is 13.9. The molecule has 0 N–H and O–H groups in total. The van der Waals surface area contributed by atoms with E-state index in [0.717, 1.165) is 31.5 Å². The van der Waals surface area contributed by atoms with E-state index in [2.05, 4.69) is 15.0 Å². The molecule has 2 aromatic heterocycles. The molecule has 7 heteroatoms. The highest BCUT2D eigenvalue weighted by Crippen LogP contribution is 2.33. The SMILES string of the molecule is Cn1cc(CN2CCOC3CCC2C3Oc2ncccc2F)cn1. The van der Waals surface area contributed by atoms with Crippen LogP contribution in [-0.4, -0.2) is 51.1 Å². The van der Waals surface area contributed by atoms with Gasteiger partial charge in [0, 0.05) is 44.1 Å². The minimum atomic E-state index is -0.431. The van der Waals surface area contributed by atoms with Crippen LogP contribution in [0.5, 0.6) is 5.88 Å². The van der Waals surface area contributed by atoms with Crippen molar-refractivity contribution in [3.63, 3.8) is 0 Å². The van der Waals surface area contributed by atoms with Crippen LogP contribution in [0.15, 0.2) is 30.7 Å². The van der Waals surface area contributed by atoms with Gasteiger partial charge in [-0.1, -0.05) is 0 Å². The molecule has 24 heavy (non-hydrogen) atoms. The molecule has 6 nitrogen and oxygen atoms in total. The lowest BCUT2D eigenvalue weighted by atomic mass is 10.1. The standard InChI is InChI=1S/C17H21FN4O2/c1-21-10-12(9-20-21)11-22-7-8-23-15-5-4-14(22)16(15)24-17-13(18)3-2-6-19-17/h2-3,6,9-10,14-16H,4-5,7-8,11H2,1H3. The molecule has 3 atom stereocenters. The Morgan fingerprint density at radius 3 is 3.12 bits per heavy atom. The van der Waals surface area contributed by atoms with Crippen molar-refractivity contribution >= 4 is 0 Å². The number of nitrogens with zero attached hydrogens (tertiary/aromatic N) is 4. The van der Waals surface area contributed by atoms with Crippen molar-refractivity contribution in [3.05, 3.63) is 42.1 Å². The van der Waals surface area contributed by atoms with E-state index in [1.54, 1.807) is 16.9 Å². The summed E-state index contributed by atoms with van der Waals surface area (Å²) < 4.78 is 27.6. The predicted octanol–water partition coefficient (Wildman–Crippen LogP) is 1.76. The fourth-order valence-corrected chi connectivity index (χ4v) is 3.69. The number of hydrogen-bond acceptors (Lipinski definition) is 5. The van der Waals surface area contributed by atoms with Gasteiger partial charge in [0.05, 0.1) is 18.9 Å². The molecule has 0 aromatic carbocycles. The van der Waals surface area contributed by atoms with Gasteiger partial charge in [-0.2, -0.15) is 5.10 Å². The Hall–Kier alpha value is -1.99. The van der Waals surface area contributed by atoms with Crippen LogP contribution < -0.4 is 4.74 Å². The van der Waals surface area contributed by atoms with Crippen molar-refractivity contribution in [2.24, 2.45) is 7.05 Å². The number of aromatic nitrogens is 3. The van der Waals surface area contributed by atoms with Crippen LogP contribution in [0, 0.1) is 5.82 Å². The molecule has 1 saturated heterocycles. The van der Waals surface area contributed by atoms with E-state index in [-0.39, 0.29) is 24.1 Å². The van der Waals surface area contributed by atoms with Gasteiger partial charge in [-0.15, -0.1) is 0 Å². The van der Waals surface area contributed by atoms with Crippen molar-refractivity contribution in [2.45, 2.75) is 37.6 Å². The summed E-state index contributed by atoms with van der Waals surface area (Å²) in [6.45, 7) is 2.28. The highest BCUT2D eigenvalue weighted by atomic mass is 19.1. The molecule has 0 radical (unpaired) electrons. The maximum atomic E-state index is 13.9. The van der Waals surface area contributed by atoms with Crippen LogP contribution in [0.1, 0.15) is 18.4 Å². The van der Waals surface area contributed by atoms with Crippen LogP contribution in [-0.2, 0) is 18.3 Å². The fraction of sp³-hybridized carbons (Fsp3) is 0.529. The van der Waals surface area contributed by atoms with Crippen LogP contribution in [0.25, 0.3) is 0 Å². The van der Waals surface area contributed by atoms with E-state index >= 15 is 0 Å². The average Bonchev–Trinajstić information content (AvgIpc) is 3.09. The summed E-state index contributed by atoms with van der Waals surface area (Å²) in [7, 11) is 1.91. The lowest BCUT2D eigenvalue weighted by Crippen LogP contribution is -2.44. The molecule has 0 spiro atoms. The minimum absolute atomic E-state index is 0.00435. The molecule has 2 aromatic rings. The van der Waals surface area contributed by atoms with Crippen LogP contribution in [0.2, 0.25) is 0 Å². The molecule has 3 heterocycles. The van der Waals surface area contributed by atoms with Crippen LogP contribution in [0.4, 0.5) is 4.39 Å². The Kier molecular flexibility index (Phi) is 4.20. The highest BCUT2D eigenvalue weighted by Gasteiger charge is 2.44. The van der Waals surface area contributed by atoms with E-state index in [1.165, 1.54) is 6.07 Å². The molecular formula is C17H21FN4O2. The smallest absolute Gasteiger partial charge is 0.250 e. The third kappa shape index (κ3) is 3.01. The Morgan fingerprint density at radius 1 is 1.42 bits per heavy atom. The summed E-state index contributed by atoms with van der Waals surface area (Å²) in [5.74, 6) is -0.369. The van der Waals surface area contributed by atoms with E-state index in [9.17, 15) is 4.39 Å². The van der Waals surface area contributed by atoms with Gasteiger partial charge in [-0.25, -0.2) is 9.37 Å². The first-order valence-corrected chi connectivity index (χ1v) is 8.31. The van der Waals surface area contributed by atoms with Crippen LogP contribution >= 0.6 is 0 Å². The lowest BCUT2D eigenvalue weighted by Gasteiger charge is -2.30. The molecule has 2 fully saturated rings. The van der Waals surface area contributed by atoms with Crippen molar-refractivity contribution in [3.8, 4) is 5.88 Å². The molecule has 4 rings (SSSR count). The quantitative estimate of drug-likeness (QED) is 0.854. The Balaban J connectivity index is 1.54. The largest absolute Gasteiger partial charge is 0.468 e. The zero-order valence-electron chi connectivity index (χ0n) is 13.6. The first-order valence-electron chi connectivity index (χ1n) is 8.31. The highest BCUT2D eigenvalue weighted by molar-refractivity contribution is 5.15. The van der Waals surface area contributed by atoms with E-state index < -0.39 is 5.82 Å². The second kappa shape index (κ2) is 6.49. The second-order valence-electron chi connectivity index (χ2n) is 6.42. The number of hydrogen-bond donors (Lipinski definition) is 0. The molecule has 1 saturated carbocycles. The summed E-state index contributed by atoms with van der Waals surface area (Å²) in [6, 6.07) is 3.13. The molecule has 128 valence electrons. The number of rotatable bonds is 4. The monoisotopic (exact) mass is 332 g/mol. The third-order valence-electron chi connectivity index (χ3n) is 4.79. The molecule has 3 unspecified atom stereocenters. The van der Waals surface area contributed by atoms with Gasteiger partial charge in [0.15, 0.2) is 5.82 Å². The molecule has 1 aliphatic heterocycles. The first kappa shape index (κ1) is 15.5. The summed E-state index contributed by atoms with van der Waals surface area (Å²) in [6.07, 6.45) is 7.14. The number of pyridine rings is 1. The fourth-order valence-electron chi connectivity index (χ4n) is 3.69. The van der Waals surface area contributed by atoms with Gasteiger partial charge in [0.25, 0.3) is 5.88 Å². The van der Waals surface area contributed by atoms with Crippen molar-refractivity contribution in [1.82, 2.24) is 19.7 Å². The topological polar surface area (TPSA) is 52.4 Å². The number of aryl methyl sites for hydroxylation is 1. The van der Waals surface area contributed by atoms with Crippen molar-refractivity contribution in [2.75, 3.05) is 13.2 Å². The van der Waals surface area contributed by atoms with Gasteiger partial charge in [-0.3, -0.25) is 9.58 Å². The van der Waals surface area contributed by atoms with E-state index in [0.29, 0.717) is 6.61 Å². The first-order chi connectivity index (χ1) is 11.7. The average molecular weight is 332 g/mol. The number of halogens is 1. The van der Waals surface area contributed by atoms with E-state index in [4.69, 9.17) is 9.47 Å². The minimum Gasteiger partial charge on any atom is -0.468 e. The lowest BCUT2D eigenvalue weighted by molar-refractivity contribution is 0.000138. The maximum Gasteiger partial charge on any atom is 0.250 e. The Morgan fingerprint density at radius 2 is 2.33 bits per heavy atom. The van der Waals surface area contributed by atoms with Gasteiger partial charge >= 0.3 is 0 Å². The summed E-state index contributed by atoms with van der Waals surface area (Å²) >= 11 is 0. The van der Waals surface area contributed by atoms with E-state index in [1.807, 2.05) is 19.4 Å². The van der Waals surface area contributed by atoms with Crippen molar-refractivity contribution in [1.29, 1.82) is 0 Å². The van der Waals surface area contributed by atoms with Gasteiger partial charge in [-0.05, 0) is 25.0 Å². The second-order valence-corrected chi connectivity index (χ2v) is 6.42. The summed E-state index contributed by atoms with van der Waals surface area (Å²) in [5, 5.41) is 4.23. The molecular weight excluding hydrogens is 311 g/mol. The summed E-state index contributed by atoms with van der Waals surface area (Å²) in [5.41, 5.74) is 1.16. The molecule has 2 aliphatic rings. The Labute approximate surface area is 140 Å². The molecule has 1 aliphatic carbocycles. The molecule has 0 amide bonds. The number of ether oxygens (including phenoxy) is 2. The van der Waals surface area contributed by atoms with Gasteiger partial charge < -0.3 is 9.47 Å². The van der Waals surface area contributed by atoms with Gasteiger partial charge in [0.1, 0.15) is 6.10 Å². The predicted molar refractivity (Wildman–Crippen MR) is 85.0 cm³/mol. The Bertz CT molecular complexity index is 707. The van der Waals surface area contributed by atoms with Crippen LogP contribution in [0.3, 0.4) is 0 Å². The van der Waals surface area contributed by atoms with Gasteiger partial charge in [0.2, 0.25) is 0 Å². The number of fused-ring (bicyclic) bond motifs is 2. The molecule has 2 bridgehead atoms. The summed E-state index contributed by atoms with van der Waals surface area (Å²) in [4.78, 5) is 6.38.